The van der Waals surface area contributed by atoms with Crippen LogP contribution >= 0.6 is 0 Å². The number of hydrogen-bond donors (Lipinski definition) is 0. The second-order valence-electron chi connectivity index (χ2n) is 3.97. The molecular formula is C12H14N2. The normalized spacial score (nSPS) is 17.4. The number of rotatable bonds is 2. The summed E-state index contributed by atoms with van der Waals surface area (Å²) in [5.74, 6) is 0.129. The van der Waals surface area contributed by atoms with Crippen LogP contribution in [-0.2, 0) is 13.1 Å². The first-order valence-corrected chi connectivity index (χ1v) is 4.98. The Morgan fingerprint density at radius 3 is 2.43 bits per heavy atom. The van der Waals surface area contributed by atoms with Gasteiger partial charge in [0.25, 0.3) is 0 Å². The number of nitrogens with zero attached hydrogens (tertiary/aromatic N) is 2. The van der Waals surface area contributed by atoms with Crippen LogP contribution in [0.1, 0.15) is 18.1 Å². The molecule has 1 aliphatic heterocycles. The summed E-state index contributed by atoms with van der Waals surface area (Å²) >= 11 is 0. The van der Waals surface area contributed by atoms with Crippen LogP contribution in [0.15, 0.2) is 24.3 Å². The third-order valence-electron chi connectivity index (χ3n) is 2.66. The molecular weight excluding hydrogens is 172 g/mol. The summed E-state index contributed by atoms with van der Waals surface area (Å²) in [7, 11) is 0. The largest absolute Gasteiger partial charge is 0.294 e. The minimum atomic E-state index is 0.129. The topological polar surface area (TPSA) is 27.0 Å². The Hall–Kier alpha value is -1.33. The van der Waals surface area contributed by atoms with Gasteiger partial charge in [0.1, 0.15) is 0 Å². The highest BCUT2D eigenvalue weighted by molar-refractivity contribution is 5.30. The Kier molecular flexibility index (Phi) is 2.51. The van der Waals surface area contributed by atoms with Crippen LogP contribution in [0.25, 0.3) is 0 Å². The van der Waals surface area contributed by atoms with Crippen molar-refractivity contribution in [3.8, 4) is 6.07 Å². The van der Waals surface area contributed by atoms with Crippen molar-refractivity contribution in [2.75, 3.05) is 6.54 Å². The van der Waals surface area contributed by atoms with Gasteiger partial charge in [-0.3, -0.25) is 4.90 Å². The van der Waals surface area contributed by atoms with Crippen LogP contribution in [0.5, 0.6) is 0 Å². The maximum atomic E-state index is 8.74. The van der Waals surface area contributed by atoms with E-state index in [2.05, 4.69) is 35.2 Å². The lowest BCUT2D eigenvalue weighted by molar-refractivity contribution is 0.264. The SMILES string of the molecule is CC(C#N)CN1Cc2ccccc2C1. The smallest absolute Gasteiger partial charge is 0.0666 e. The molecule has 0 N–H and O–H groups in total. The summed E-state index contributed by atoms with van der Waals surface area (Å²) in [6, 6.07) is 10.8. The lowest BCUT2D eigenvalue weighted by atomic mass is 10.1. The van der Waals surface area contributed by atoms with Gasteiger partial charge in [0.15, 0.2) is 0 Å². The molecule has 1 aromatic carbocycles. The molecule has 2 nitrogen and oxygen atoms in total. The third kappa shape index (κ3) is 1.78. The second kappa shape index (κ2) is 3.81. The molecule has 1 aliphatic rings. The summed E-state index contributed by atoms with van der Waals surface area (Å²) in [6.07, 6.45) is 0. The number of hydrogen-bond acceptors (Lipinski definition) is 2. The van der Waals surface area contributed by atoms with E-state index in [4.69, 9.17) is 5.26 Å². The van der Waals surface area contributed by atoms with Crippen LogP contribution < -0.4 is 0 Å². The Bertz CT molecular complexity index is 340. The molecule has 0 aliphatic carbocycles. The van der Waals surface area contributed by atoms with E-state index in [1.807, 2.05) is 6.92 Å². The zero-order valence-electron chi connectivity index (χ0n) is 8.40. The van der Waals surface area contributed by atoms with Gasteiger partial charge in [0.05, 0.1) is 12.0 Å². The van der Waals surface area contributed by atoms with Gasteiger partial charge in [-0.1, -0.05) is 24.3 Å². The van der Waals surface area contributed by atoms with Gasteiger partial charge in [-0.2, -0.15) is 5.26 Å². The van der Waals surface area contributed by atoms with Crippen molar-refractivity contribution in [1.82, 2.24) is 4.90 Å². The third-order valence-corrected chi connectivity index (χ3v) is 2.66. The molecule has 72 valence electrons. The summed E-state index contributed by atoms with van der Waals surface area (Å²) in [4.78, 5) is 2.33. The van der Waals surface area contributed by atoms with Crippen LogP contribution in [0.3, 0.4) is 0 Å². The van der Waals surface area contributed by atoms with E-state index < -0.39 is 0 Å². The molecule has 0 aromatic heterocycles. The molecule has 0 radical (unpaired) electrons. The monoisotopic (exact) mass is 186 g/mol. The zero-order chi connectivity index (χ0) is 9.97. The quantitative estimate of drug-likeness (QED) is 0.707. The molecule has 1 atom stereocenters. The fourth-order valence-electron chi connectivity index (χ4n) is 1.96. The number of nitriles is 1. The van der Waals surface area contributed by atoms with Gasteiger partial charge in [0.2, 0.25) is 0 Å². The maximum absolute atomic E-state index is 8.74. The Labute approximate surface area is 84.8 Å². The zero-order valence-corrected chi connectivity index (χ0v) is 8.40. The molecule has 0 spiro atoms. The van der Waals surface area contributed by atoms with E-state index in [-0.39, 0.29) is 5.92 Å². The molecule has 14 heavy (non-hydrogen) atoms. The Morgan fingerprint density at radius 1 is 1.36 bits per heavy atom. The molecule has 0 saturated carbocycles. The van der Waals surface area contributed by atoms with Crippen LogP contribution in [0.4, 0.5) is 0 Å². The highest BCUT2D eigenvalue weighted by atomic mass is 15.1. The molecule has 0 saturated heterocycles. The van der Waals surface area contributed by atoms with E-state index in [1.165, 1.54) is 11.1 Å². The van der Waals surface area contributed by atoms with E-state index in [1.54, 1.807) is 0 Å². The lowest BCUT2D eigenvalue weighted by Gasteiger charge is -2.15. The van der Waals surface area contributed by atoms with Gasteiger partial charge in [-0.05, 0) is 18.1 Å². The fraction of sp³-hybridized carbons (Fsp3) is 0.417. The molecule has 1 unspecified atom stereocenters. The standard InChI is InChI=1S/C12H14N2/c1-10(6-13)7-14-8-11-4-2-3-5-12(11)9-14/h2-5,10H,7-9H2,1H3. The van der Waals surface area contributed by atoms with Gasteiger partial charge < -0.3 is 0 Å². The molecule has 0 fully saturated rings. The molecule has 1 heterocycles. The summed E-state index contributed by atoms with van der Waals surface area (Å²) in [5, 5.41) is 8.74. The summed E-state index contributed by atoms with van der Waals surface area (Å²) in [6.45, 7) is 4.86. The molecule has 2 rings (SSSR count). The molecule has 0 bridgehead atoms. The fourth-order valence-corrected chi connectivity index (χ4v) is 1.96. The highest BCUT2D eigenvalue weighted by Crippen LogP contribution is 2.22. The molecule has 0 amide bonds. The van der Waals surface area contributed by atoms with E-state index in [0.29, 0.717) is 0 Å². The minimum absolute atomic E-state index is 0.129. The van der Waals surface area contributed by atoms with Crippen LogP contribution in [0.2, 0.25) is 0 Å². The average molecular weight is 186 g/mol. The Balaban J connectivity index is 2.02. The van der Waals surface area contributed by atoms with E-state index >= 15 is 0 Å². The number of benzene rings is 1. The highest BCUT2D eigenvalue weighted by Gasteiger charge is 2.19. The first-order chi connectivity index (χ1) is 6.79. The summed E-state index contributed by atoms with van der Waals surface area (Å²) in [5.41, 5.74) is 2.83. The Morgan fingerprint density at radius 2 is 1.93 bits per heavy atom. The number of fused-ring (bicyclic) bond motifs is 1. The molecule has 1 aromatic rings. The average Bonchev–Trinajstić information content (AvgIpc) is 2.59. The van der Waals surface area contributed by atoms with Crippen molar-refractivity contribution in [2.45, 2.75) is 20.0 Å². The van der Waals surface area contributed by atoms with Gasteiger partial charge in [-0.25, -0.2) is 0 Å². The van der Waals surface area contributed by atoms with Crippen LogP contribution in [-0.4, -0.2) is 11.4 Å². The van der Waals surface area contributed by atoms with Gasteiger partial charge in [-0.15, -0.1) is 0 Å². The minimum Gasteiger partial charge on any atom is -0.294 e. The molecule has 2 heteroatoms. The van der Waals surface area contributed by atoms with Crippen molar-refractivity contribution in [1.29, 1.82) is 5.26 Å². The van der Waals surface area contributed by atoms with E-state index in [9.17, 15) is 0 Å². The predicted octanol–water partition coefficient (Wildman–Crippen LogP) is 2.16. The first kappa shape index (κ1) is 9.23. The van der Waals surface area contributed by atoms with Crippen molar-refractivity contribution < 1.29 is 0 Å². The van der Waals surface area contributed by atoms with Crippen molar-refractivity contribution in [2.24, 2.45) is 5.92 Å². The first-order valence-electron chi connectivity index (χ1n) is 4.98. The summed E-state index contributed by atoms with van der Waals surface area (Å²) < 4.78 is 0. The van der Waals surface area contributed by atoms with Crippen molar-refractivity contribution >= 4 is 0 Å². The van der Waals surface area contributed by atoms with Crippen molar-refractivity contribution in [3.05, 3.63) is 35.4 Å². The van der Waals surface area contributed by atoms with Gasteiger partial charge >= 0.3 is 0 Å². The second-order valence-corrected chi connectivity index (χ2v) is 3.97. The van der Waals surface area contributed by atoms with E-state index in [0.717, 1.165) is 19.6 Å². The van der Waals surface area contributed by atoms with Gasteiger partial charge in [0, 0.05) is 19.6 Å². The van der Waals surface area contributed by atoms with Crippen LogP contribution in [0, 0.1) is 17.2 Å². The lowest BCUT2D eigenvalue weighted by Crippen LogP contribution is -2.22. The maximum Gasteiger partial charge on any atom is 0.0666 e. The predicted molar refractivity (Wildman–Crippen MR) is 55.3 cm³/mol. The van der Waals surface area contributed by atoms with Crippen molar-refractivity contribution in [3.63, 3.8) is 0 Å².